The summed E-state index contributed by atoms with van der Waals surface area (Å²) in [5, 5.41) is 0. The lowest BCUT2D eigenvalue weighted by Crippen LogP contribution is -2.14. The van der Waals surface area contributed by atoms with Gasteiger partial charge in [0.2, 0.25) is 0 Å². The van der Waals surface area contributed by atoms with Crippen molar-refractivity contribution in [3.63, 3.8) is 0 Å². The summed E-state index contributed by atoms with van der Waals surface area (Å²) >= 11 is 0. The summed E-state index contributed by atoms with van der Waals surface area (Å²) in [6, 6.07) is 3.66. The number of hydrogen-bond acceptors (Lipinski definition) is 0. The van der Waals surface area contributed by atoms with E-state index in [2.05, 4.69) is 26.0 Å². The highest BCUT2D eigenvalue weighted by molar-refractivity contribution is 5.32. The Labute approximate surface area is 151 Å². The molecule has 2 heteroatoms. The van der Waals surface area contributed by atoms with E-state index in [9.17, 15) is 8.78 Å². The molecule has 0 nitrogen and oxygen atoms in total. The lowest BCUT2D eigenvalue weighted by atomic mass is 9.80. The maximum absolute atomic E-state index is 14.6. The highest BCUT2D eigenvalue weighted by atomic mass is 19.2. The minimum absolute atomic E-state index is 0.0335. The average Bonchev–Trinajstić information content (AvgIpc) is 2.64. The van der Waals surface area contributed by atoms with Crippen LogP contribution in [0.2, 0.25) is 0 Å². The van der Waals surface area contributed by atoms with Crippen molar-refractivity contribution in [3.8, 4) is 0 Å². The second-order valence-electron chi connectivity index (χ2n) is 8.34. The van der Waals surface area contributed by atoms with Crippen molar-refractivity contribution in [1.82, 2.24) is 0 Å². The molecule has 2 atom stereocenters. The van der Waals surface area contributed by atoms with Crippen LogP contribution in [0.3, 0.4) is 0 Å². The van der Waals surface area contributed by atoms with Crippen molar-refractivity contribution in [2.24, 2.45) is 17.8 Å². The summed E-state index contributed by atoms with van der Waals surface area (Å²) in [5.74, 6) is 0.936. The second kappa shape index (κ2) is 8.47. The van der Waals surface area contributed by atoms with Crippen LogP contribution in [0.4, 0.5) is 8.78 Å². The van der Waals surface area contributed by atoms with Crippen molar-refractivity contribution >= 4 is 0 Å². The van der Waals surface area contributed by atoms with Crippen molar-refractivity contribution < 1.29 is 8.78 Å². The van der Waals surface area contributed by atoms with E-state index in [1.807, 2.05) is 12.1 Å². The standard InChI is InChI=1S/C23H32F2/c1-3-17-8-11-19(12-9-17)21-15-14-20(22(24)23(21)25)13-10-18-6-4-16(2)5-7-18/h8,11,14-19H,3-7,9-10,12-13H2,1-2H3. The Bertz CT molecular complexity index is 596. The van der Waals surface area contributed by atoms with Gasteiger partial charge in [-0.3, -0.25) is 0 Å². The van der Waals surface area contributed by atoms with Crippen LogP contribution in [0.5, 0.6) is 0 Å². The number of hydrogen-bond donors (Lipinski definition) is 0. The van der Waals surface area contributed by atoms with Crippen molar-refractivity contribution in [1.29, 1.82) is 0 Å². The van der Waals surface area contributed by atoms with Crippen LogP contribution in [0.1, 0.15) is 82.3 Å². The predicted molar refractivity (Wildman–Crippen MR) is 101 cm³/mol. The Kier molecular flexibility index (Phi) is 6.30. The fourth-order valence-corrected chi connectivity index (χ4v) is 4.54. The quantitative estimate of drug-likeness (QED) is 0.495. The minimum Gasteiger partial charge on any atom is -0.203 e. The first-order valence-corrected chi connectivity index (χ1v) is 10.2. The van der Waals surface area contributed by atoms with E-state index < -0.39 is 11.6 Å². The minimum atomic E-state index is -0.612. The first-order chi connectivity index (χ1) is 12.1. The van der Waals surface area contributed by atoms with Gasteiger partial charge >= 0.3 is 0 Å². The number of allylic oxidation sites excluding steroid dienone is 2. The molecule has 0 aliphatic heterocycles. The predicted octanol–water partition coefficient (Wildman–Crippen LogP) is 7.18. The van der Waals surface area contributed by atoms with Gasteiger partial charge in [-0.1, -0.05) is 63.8 Å². The maximum atomic E-state index is 14.6. The fourth-order valence-electron chi connectivity index (χ4n) is 4.54. The Morgan fingerprint density at radius 1 is 0.920 bits per heavy atom. The molecule has 0 radical (unpaired) electrons. The van der Waals surface area contributed by atoms with Crippen LogP contribution < -0.4 is 0 Å². The van der Waals surface area contributed by atoms with Gasteiger partial charge in [-0.15, -0.1) is 0 Å². The van der Waals surface area contributed by atoms with E-state index >= 15 is 0 Å². The van der Waals surface area contributed by atoms with Crippen LogP contribution in [-0.4, -0.2) is 0 Å². The number of rotatable bonds is 5. The Morgan fingerprint density at radius 3 is 2.32 bits per heavy atom. The van der Waals surface area contributed by atoms with Crippen LogP contribution in [0.25, 0.3) is 0 Å². The molecule has 0 saturated heterocycles. The van der Waals surface area contributed by atoms with Gasteiger partial charge in [-0.2, -0.15) is 0 Å². The van der Waals surface area contributed by atoms with Crippen LogP contribution in [0.15, 0.2) is 24.3 Å². The molecule has 2 unspecified atom stereocenters. The zero-order chi connectivity index (χ0) is 17.8. The largest absolute Gasteiger partial charge is 0.203 e. The molecule has 0 heterocycles. The van der Waals surface area contributed by atoms with E-state index in [1.165, 1.54) is 25.7 Å². The summed E-state index contributed by atoms with van der Waals surface area (Å²) in [6.07, 6.45) is 14.1. The highest BCUT2D eigenvalue weighted by Crippen LogP contribution is 2.35. The molecule has 0 spiro atoms. The lowest BCUT2D eigenvalue weighted by Gasteiger charge is -2.26. The molecule has 1 saturated carbocycles. The number of aryl methyl sites for hydroxylation is 1. The molecule has 3 rings (SSSR count). The van der Waals surface area contributed by atoms with E-state index in [1.54, 1.807) is 0 Å². The Hall–Kier alpha value is -1.18. The monoisotopic (exact) mass is 346 g/mol. The highest BCUT2D eigenvalue weighted by Gasteiger charge is 2.23. The van der Waals surface area contributed by atoms with E-state index in [0.29, 0.717) is 29.4 Å². The summed E-state index contributed by atoms with van der Waals surface area (Å²) in [5.41, 5.74) is 1.10. The molecule has 1 fully saturated rings. The van der Waals surface area contributed by atoms with Gasteiger partial charge < -0.3 is 0 Å². The fraction of sp³-hybridized carbons (Fsp3) is 0.652. The third-order valence-electron chi connectivity index (χ3n) is 6.54. The maximum Gasteiger partial charge on any atom is 0.162 e. The first-order valence-electron chi connectivity index (χ1n) is 10.2. The summed E-state index contributed by atoms with van der Waals surface area (Å²) < 4.78 is 29.2. The zero-order valence-corrected chi connectivity index (χ0v) is 15.7. The van der Waals surface area contributed by atoms with Crippen molar-refractivity contribution in [3.05, 3.63) is 47.0 Å². The second-order valence-corrected chi connectivity index (χ2v) is 8.34. The molecule has 1 aromatic rings. The molecule has 2 aliphatic rings. The molecular weight excluding hydrogens is 314 g/mol. The van der Waals surface area contributed by atoms with Crippen molar-refractivity contribution in [2.75, 3.05) is 0 Å². The SMILES string of the molecule is CCC1C=CC(c2ccc(CCC3CCC(C)CC3)c(F)c2F)CC1. The molecule has 138 valence electrons. The van der Waals surface area contributed by atoms with Gasteiger partial charge in [0.25, 0.3) is 0 Å². The van der Waals surface area contributed by atoms with E-state index in [0.717, 1.165) is 31.6 Å². The van der Waals surface area contributed by atoms with Crippen LogP contribution >= 0.6 is 0 Å². The molecule has 25 heavy (non-hydrogen) atoms. The van der Waals surface area contributed by atoms with Gasteiger partial charge in [0.1, 0.15) is 0 Å². The van der Waals surface area contributed by atoms with E-state index in [-0.39, 0.29) is 5.92 Å². The zero-order valence-electron chi connectivity index (χ0n) is 15.7. The summed E-state index contributed by atoms with van der Waals surface area (Å²) in [4.78, 5) is 0. The van der Waals surface area contributed by atoms with Gasteiger partial charge in [0, 0.05) is 5.92 Å². The third-order valence-corrected chi connectivity index (χ3v) is 6.54. The normalized spacial score (nSPS) is 29.8. The van der Waals surface area contributed by atoms with E-state index in [4.69, 9.17) is 0 Å². The third kappa shape index (κ3) is 4.51. The number of benzene rings is 1. The van der Waals surface area contributed by atoms with Crippen LogP contribution in [-0.2, 0) is 6.42 Å². The topological polar surface area (TPSA) is 0 Å². The molecular formula is C23H32F2. The lowest BCUT2D eigenvalue weighted by molar-refractivity contribution is 0.277. The summed E-state index contributed by atoms with van der Waals surface area (Å²) in [6.45, 7) is 4.49. The molecule has 2 aliphatic carbocycles. The van der Waals surface area contributed by atoms with Gasteiger partial charge in [-0.05, 0) is 61.0 Å². The summed E-state index contributed by atoms with van der Waals surface area (Å²) in [7, 11) is 0. The molecule has 0 aromatic heterocycles. The van der Waals surface area contributed by atoms with Crippen molar-refractivity contribution in [2.45, 2.75) is 77.6 Å². The Balaban J connectivity index is 1.64. The molecule has 0 N–H and O–H groups in total. The number of halogens is 2. The average molecular weight is 347 g/mol. The Morgan fingerprint density at radius 2 is 1.68 bits per heavy atom. The first kappa shape index (κ1) is 18.6. The molecule has 0 bridgehead atoms. The van der Waals surface area contributed by atoms with Gasteiger partial charge in [-0.25, -0.2) is 8.78 Å². The molecule has 0 amide bonds. The van der Waals surface area contributed by atoms with Crippen LogP contribution in [0, 0.1) is 29.4 Å². The van der Waals surface area contributed by atoms with Gasteiger partial charge in [0.15, 0.2) is 11.6 Å². The van der Waals surface area contributed by atoms with Gasteiger partial charge in [0.05, 0.1) is 0 Å². The molecule has 1 aromatic carbocycles. The smallest absolute Gasteiger partial charge is 0.162 e.